The molecular weight excluding hydrogens is 164 g/mol. The summed E-state index contributed by atoms with van der Waals surface area (Å²) in [6.07, 6.45) is 0. The highest BCUT2D eigenvalue weighted by atomic mass is 35.5. The molecule has 2 aromatic rings. The molecule has 1 heterocycles. The summed E-state index contributed by atoms with van der Waals surface area (Å²) in [5.74, 6) is 0. The van der Waals surface area contributed by atoms with Gasteiger partial charge in [-0.3, -0.25) is 0 Å². The van der Waals surface area contributed by atoms with Gasteiger partial charge in [0, 0.05) is 10.8 Å². The molecule has 2 rings (SSSR count). The average Bonchev–Trinajstić information content (AvgIpc) is 2.34. The normalized spacial score (nSPS) is 10.5. The van der Waals surface area contributed by atoms with E-state index in [9.17, 15) is 0 Å². The first-order chi connectivity index (χ1) is 4.88. The van der Waals surface area contributed by atoms with Gasteiger partial charge in [0.15, 0.2) is 0 Å². The molecule has 0 nitrogen and oxygen atoms in total. The van der Waals surface area contributed by atoms with Crippen molar-refractivity contribution in [2.45, 2.75) is 0 Å². The predicted molar refractivity (Wildman–Crippen MR) is 45.7 cm³/mol. The Labute approximate surface area is 68.1 Å². The van der Waals surface area contributed by atoms with E-state index in [0.717, 1.165) is 15.1 Å². The van der Waals surface area contributed by atoms with Gasteiger partial charge >= 0.3 is 0 Å². The lowest BCUT2D eigenvalue weighted by Gasteiger charge is -1.85. The number of halogens is 1. The number of thiophene rings is 1. The fourth-order valence-corrected chi connectivity index (χ4v) is 1.84. The van der Waals surface area contributed by atoms with Crippen molar-refractivity contribution in [1.29, 1.82) is 0 Å². The minimum absolute atomic E-state index is 0.829. The Morgan fingerprint density at radius 1 is 1.30 bits per heavy atom. The topological polar surface area (TPSA) is 0 Å². The quantitative estimate of drug-likeness (QED) is 0.565. The molecule has 0 aliphatic rings. The fraction of sp³-hybridized carbons (Fsp3) is 0. The molecule has 10 heavy (non-hydrogen) atoms. The van der Waals surface area contributed by atoms with E-state index in [1.54, 1.807) is 0 Å². The van der Waals surface area contributed by atoms with Crippen molar-refractivity contribution in [2.75, 3.05) is 0 Å². The maximum absolute atomic E-state index is 5.86. The van der Waals surface area contributed by atoms with Crippen LogP contribution in [-0.4, -0.2) is 0 Å². The highest BCUT2D eigenvalue weighted by molar-refractivity contribution is 7.15. The third kappa shape index (κ3) is 0.825. The van der Waals surface area contributed by atoms with E-state index in [4.69, 9.17) is 11.6 Å². The lowest BCUT2D eigenvalue weighted by Crippen LogP contribution is -1.60. The van der Waals surface area contributed by atoms with Crippen molar-refractivity contribution in [1.82, 2.24) is 0 Å². The summed E-state index contributed by atoms with van der Waals surface area (Å²) in [5.41, 5.74) is 0. The van der Waals surface area contributed by atoms with Crippen LogP contribution in [0.3, 0.4) is 0 Å². The highest BCUT2D eigenvalue weighted by Gasteiger charge is 1.98. The molecule has 0 aliphatic carbocycles. The van der Waals surface area contributed by atoms with Gasteiger partial charge in [0.25, 0.3) is 0 Å². The van der Waals surface area contributed by atoms with Crippen LogP contribution in [0.5, 0.6) is 0 Å². The molecule has 0 spiro atoms. The summed E-state index contributed by atoms with van der Waals surface area (Å²) in [4.78, 5) is 0. The smallest absolute Gasteiger partial charge is 0.101 e. The Morgan fingerprint density at radius 3 is 2.90 bits per heavy atom. The van der Waals surface area contributed by atoms with Gasteiger partial charge in [0.1, 0.15) is 4.34 Å². The van der Waals surface area contributed by atoms with Gasteiger partial charge in [-0.2, -0.15) is 0 Å². The Balaban J connectivity index is 2.93. The molecule has 0 atom stereocenters. The Bertz CT molecular complexity index is 351. The fourth-order valence-electron chi connectivity index (χ4n) is 0.898. The second-order valence-corrected chi connectivity index (χ2v) is 3.44. The van der Waals surface area contributed by atoms with E-state index in [2.05, 4.69) is 5.38 Å². The molecule has 0 unspecified atom stereocenters. The Hall–Kier alpha value is -0.530. The van der Waals surface area contributed by atoms with Crippen LogP contribution in [0.4, 0.5) is 0 Å². The van der Waals surface area contributed by atoms with Crippen LogP contribution in [0.2, 0.25) is 4.34 Å². The van der Waals surface area contributed by atoms with E-state index >= 15 is 0 Å². The first-order valence-corrected chi connectivity index (χ1v) is 4.12. The summed E-state index contributed by atoms with van der Waals surface area (Å²) in [6, 6.07) is 7.99. The SMILES string of the molecule is Clc1s[c]c2ccccc12. The number of hydrogen-bond acceptors (Lipinski definition) is 1. The third-order valence-electron chi connectivity index (χ3n) is 1.39. The summed E-state index contributed by atoms with van der Waals surface area (Å²) in [6.45, 7) is 0. The maximum atomic E-state index is 5.86. The summed E-state index contributed by atoms with van der Waals surface area (Å²) in [7, 11) is 0. The highest BCUT2D eigenvalue weighted by Crippen LogP contribution is 2.28. The molecule has 0 fully saturated rings. The molecule has 1 aromatic carbocycles. The molecule has 0 saturated heterocycles. The van der Waals surface area contributed by atoms with Gasteiger partial charge in [-0.05, 0) is 0 Å². The van der Waals surface area contributed by atoms with Crippen molar-refractivity contribution in [3.8, 4) is 0 Å². The molecule has 0 bridgehead atoms. The molecule has 0 amide bonds. The van der Waals surface area contributed by atoms with Crippen LogP contribution in [0.25, 0.3) is 10.8 Å². The van der Waals surface area contributed by atoms with Crippen LogP contribution in [-0.2, 0) is 0 Å². The summed E-state index contributed by atoms with van der Waals surface area (Å²) >= 11 is 7.32. The number of rotatable bonds is 0. The van der Waals surface area contributed by atoms with Crippen LogP contribution in [0.1, 0.15) is 0 Å². The summed E-state index contributed by atoms with van der Waals surface area (Å²) < 4.78 is 0.829. The third-order valence-corrected chi connectivity index (χ3v) is 2.55. The van der Waals surface area contributed by atoms with E-state index in [1.165, 1.54) is 11.3 Å². The van der Waals surface area contributed by atoms with Crippen molar-refractivity contribution in [2.24, 2.45) is 0 Å². The average molecular weight is 168 g/mol. The maximum Gasteiger partial charge on any atom is 0.101 e. The van der Waals surface area contributed by atoms with Crippen LogP contribution in [0, 0.1) is 5.38 Å². The molecule has 1 aromatic heterocycles. The molecule has 1 radical (unpaired) electrons. The van der Waals surface area contributed by atoms with E-state index < -0.39 is 0 Å². The van der Waals surface area contributed by atoms with Gasteiger partial charge in [-0.1, -0.05) is 35.9 Å². The zero-order valence-corrected chi connectivity index (χ0v) is 6.67. The number of fused-ring (bicyclic) bond motifs is 1. The van der Waals surface area contributed by atoms with Gasteiger partial charge in [0.05, 0.1) is 5.38 Å². The number of benzene rings is 1. The molecule has 0 N–H and O–H groups in total. The zero-order chi connectivity index (χ0) is 6.97. The lowest BCUT2D eigenvalue weighted by atomic mass is 10.2. The Morgan fingerprint density at radius 2 is 2.10 bits per heavy atom. The van der Waals surface area contributed by atoms with Crippen molar-refractivity contribution >= 4 is 33.7 Å². The molecule has 2 heteroatoms. The standard InChI is InChI=1S/C8H4ClS/c9-8-7-4-2-1-3-6(7)5-10-8/h1-4H. The minimum Gasteiger partial charge on any atom is -0.121 e. The van der Waals surface area contributed by atoms with E-state index in [-0.39, 0.29) is 0 Å². The largest absolute Gasteiger partial charge is 0.121 e. The first-order valence-electron chi connectivity index (χ1n) is 2.92. The minimum atomic E-state index is 0.829. The van der Waals surface area contributed by atoms with Gasteiger partial charge in [0.2, 0.25) is 0 Å². The van der Waals surface area contributed by atoms with Crippen LogP contribution >= 0.6 is 22.9 Å². The first kappa shape index (κ1) is 6.20. The van der Waals surface area contributed by atoms with Crippen LogP contribution in [0.15, 0.2) is 24.3 Å². The molecule has 49 valence electrons. The van der Waals surface area contributed by atoms with E-state index in [0.29, 0.717) is 0 Å². The van der Waals surface area contributed by atoms with Crippen molar-refractivity contribution in [3.63, 3.8) is 0 Å². The molecule has 0 aliphatic heterocycles. The second kappa shape index (κ2) is 2.26. The second-order valence-electron chi connectivity index (χ2n) is 2.02. The monoisotopic (exact) mass is 167 g/mol. The van der Waals surface area contributed by atoms with Crippen molar-refractivity contribution < 1.29 is 0 Å². The Kier molecular flexibility index (Phi) is 1.40. The predicted octanol–water partition coefficient (Wildman–Crippen LogP) is 3.35. The van der Waals surface area contributed by atoms with Crippen LogP contribution < -0.4 is 0 Å². The molecular formula is C8H4ClS. The van der Waals surface area contributed by atoms with Gasteiger partial charge < -0.3 is 0 Å². The zero-order valence-electron chi connectivity index (χ0n) is 5.10. The van der Waals surface area contributed by atoms with Gasteiger partial charge in [-0.25, -0.2) is 0 Å². The lowest BCUT2D eigenvalue weighted by molar-refractivity contribution is 1.84. The van der Waals surface area contributed by atoms with Gasteiger partial charge in [-0.15, -0.1) is 11.3 Å². The number of hydrogen-bond donors (Lipinski definition) is 0. The van der Waals surface area contributed by atoms with Crippen molar-refractivity contribution in [3.05, 3.63) is 34.0 Å². The summed E-state index contributed by atoms with van der Waals surface area (Å²) in [5, 5.41) is 5.31. The molecule has 0 saturated carbocycles. The van der Waals surface area contributed by atoms with E-state index in [1.807, 2.05) is 24.3 Å².